The van der Waals surface area contributed by atoms with Crippen LogP contribution in [0.1, 0.15) is 17.3 Å². The van der Waals surface area contributed by atoms with E-state index in [1.54, 1.807) is 30.4 Å². The summed E-state index contributed by atoms with van der Waals surface area (Å²) in [5.41, 5.74) is 3.58. The molecule has 0 saturated heterocycles. The average molecular weight is 469 g/mol. The number of hydrogen-bond acceptors (Lipinski definition) is 9. The fourth-order valence-electron chi connectivity index (χ4n) is 4.60. The summed E-state index contributed by atoms with van der Waals surface area (Å²) in [4.78, 5) is 15.7. The van der Waals surface area contributed by atoms with Crippen molar-refractivity contribution in [1.29, 1.82) is 0 Å². The van der Waals surface area contributed by atoms with Crippen LogP contribution in [-0.4, -0.2) is 60.0 Å². The van der Waals surface area contributed by atoms with E-state index in [-0.39, 0.29) is 5.92 Å². The second-order valence-electron chi connectivity index (χ2n) is 8.54. The summed E-state index contributed by atoms with van der Waals surface area (Å²) in [6.07, 6.45) is 5.97. The maximum Gasteiger partial charge on any atom is 0.228 e. The van der Waals surface area contributed by atoms with Gasteiger partial charge in [-0.25, -0.2) is 15.0 Å². The molecule has 6 rings (SSSR count). The van der Waals surface area contributed by atoms with Gasteiger partial charge in [0.2, 0.25) is 11.8 Å². The maximum absolute atomic E-state index is 5.46. The first-order valence-corrected chi connectivity index (χ1v) is 11.3. The smallest absolute Gasteiger partial charge is 0.228 e. The van der Waals surface area contributed by atoms with Gasteiger partial charge in [0.25, 0.3) is 0 Å². The summed E-state index contributed by atoms with van der Waals surface area (Å²) in [5, 5.41) is 16.5. The number of hydrogen-bond donors (Lipinski definition) is 1. The van der Waals surface area contributed by atoms with Crippen LogP contribution < -0.4 is 15.0 Å². The lowest BCUT2D eigenvalue weighted by molar-refractivity contribution is 0.390. The molecule has 35 heavy (non-hydrogen) atoms. The largest absolute Gasteiger partial charge is 0.481 e. The standard InChI is InChI=1S/C24H24N10O/c1-32-14-17(11-15-5-4-8-25-23(15)35-3)22-31-30-20-12-16(13-21(32)34(20)22)18-6-9-26-24(28-18)29-19-7-10-27-33(19)2/h4-10,12-13,17H,11,14H2,1-3H3,(H,26,28,29). The van der Waals surface area contributed by atoms with Crippen molar-refractivity contribution in [3.05, 3.63) is 66.4 Å². The molecule has 0 bridgehead atoms. The van der Waals surface area contributed by atoms with Gasteiger partial charge in [-0.1, -0.05) is 6.07 Å². The Morgan fingerprint density at radius 1 is 1.06 bits per heavy atom. The molecule has 11 nitrogen and oxygen atoms in total. The molecule has 1 atom stereocenters. The van der Waals surface area contributed by atoms with Gasteiger partial charge in [-0.05, 0) is 30.7 Å². The Bertz CT molecular complexity index is 1520. The molecule has 0 radical (unpaired) electrons. The molecular weight excluding hydrogens is 444 g/mol. The summed E-state index contributed by atoms with van der Waals surface area (Å²) < 4.78 is 9.32. The zero-order valence-corrected chi connectivity index (χ0v) is 19.6. The van der Waals surface area contributed by atoms with Gasteiger partial charge in [0.15, 0.2) is 5.65 Å². The molecule has 1 unspecified atom stereocenters. The first-order valence-electron chi connectivity index (χ1n) is 11.3. The number of aryl methyl sites for hydroxylation is 1. The molecule has 1 aliphatic rings. The van der Waals surface area contributed by atoms with Crippen molar-refractivity contribution in [2.75, 3.05) is 30.9 Å². The van der Waals surface area contributed by atoms with Gasteiger partial charge in [-0.2, -0.15) is 5.10 Å². The van der Waals surface area contributed by atoms with E-state index in [0.29, 0.717) is 11.8 Å². The number of aromatic nitrogens is 8. The second kappa shape index (κ2) is 8.35. The minimum atomic E-state index is 0.153. The fourth-order valence-corrected chi connectivity index (χ4v) is 4.60. The SMILES string of the molecule is COc1ncccc1CC1CN(C)c2cc(-c3ccnc(Nc4ccnn4C)n3)cc3nnc1n23. The molecule has 0 fully saturated rings. The third-order valence-electron chi connectivity index (χ3n) is 6.28. The fraction of sp³-hybridized carbons (Fsp3) is 0.250. The lowest BCUT2D eigenvalue weighted by atomic mass is 9.97. The Morgan fingerprint density at radius 2 is 1.97 bits per heavy atom. The Labute approximate surface area is 201 Å². The summed E-state index contributed by atoms with van der Waals surface area (Å²) >= 11 is 0. The molecular formula is C24H24N10O. The summed E-state index contributed by atoms with van der Waals surface area (Å²) in [6.45, 7) is 0.798. The highest BCUT2D eigenvalue weighted by molar-refractivity contribution is 5.71. The van der Waals surface area contributed by atoms with Crippen molar-refractivity contribution in [3.63, 3.8) is 0 Å². The molecule has 0 aliphatic carbocycles. The summed E-state index contributed by atoms with van der Waals surface area (Å²) in [6, 6.07) is 11.9. The van der Waals surface area contributed by atoms with Crippen molar-refractivity contribution in [1.82, 2.24) is 39.3 Å². The van der Waals surface area contributed by atoms with E-state index >= 15 is 0 Å². The molecule has 0 amide bonds. The Hall–Kier alpha value is -4.54. The van der Waals surface area contributed by atoms with Crippen molar-refractivity contribution in [2.45, 2.75) is 12.3 Å². The average Bonchev–Trinajstić information content (AvgIpc) is 3.49. The lowest BCUT2D eigenvalue weighted by Crippen LogP contribution is -2.33. The third kappa shape index (κ3) is 3.70. The van der Waals surface area contributed by atoms with E-state index in [1.807, 2.05) is 31.3 Å². The van der Waals surface area contributed by atoms with Gasteiger partial charge in [-0.15, -0.1) is 10.2 Å². The molecule has 0 spiro atoms. The van der Waals surface area contributed by atoms with Crippen LogP contribution in [0.3, 0.4) is 0 Å². The molecule has 0 saturated carbocycles. The van der Waals surface area contributed by atoms with E-state index in [2.05, 4.69) is 59.1 Å². The molecule has 6 heterocycles. The number of rotatable bonds is 6. The number of nitrogens with zero attached hydrogens (tertiary/aromatic N) is 9. The van der Waals surface area contributed by atoms with Crippen LogP contribution in [0.5, 0.6) is 5.88 Å². The summed E-state index contributed by atoms with van der Waals surface area (Å²) in [5.74, 6) is 4.07. The first kappa shape index (κ1) is 21.0. The lowest BCUT2D eigenvalue weighted by Gasteiger charge is -2.31. The monoisotopic (exact) mass is 468 g/mol. The van der Waals surface area contributed by atoms with Gasteiger partial charge in [0.1, 0.15) is 17.5 Å². The van der Waals surface area contributed by atoms with Crippen molar-refractivity contribution < 1.29 is 4.74 Å². The van der Waals surface area contributed by atoms with E-state index in [1.165, 1.54) is 0 Å². The van der Waals surface area contributed by atoms with Crippen molar-refractivity contribution in [2.24, 2.45) is 7.05 Å². The van der Waals surface area contributed by atoms with Crippen LogP contribution in [0.15, 0.2) is 55.0 Å². The topological polar surface area (TPSA) is 111 Å². The molecule has 1 aliphatic heterocycles. The number of anilines is 3. The quantitative estimate of drug-likeness (QED) is 0.402. The Morgan fingerprint density at radius 3 is 2.80 bits per heavy atom. The second-order valence-corrected chi connectivity index (χ2v) is 8.54. The molecule has 5 aromatic rings. The van der Waals surface area contributed by atoms with Crippen LogP contribution >= 0.6 is 0 Å². The third-order valence-corrected chi connectivity index (χ3v) is 6.28. The highest BCUT2D eigenvalue weighted by Gasteiger charge is 2.29. The normalized spacial score (nSPS) is 14.9. The van der Waals surface area contributed by atoms with Crippen LogP contribution in [0.2, 0.25) is 0 Å². The van der Waals surface area contributed by atoms with E-state index in [4.69, 9.17) is 9.72 Å². The van der Waals surface area contributed by atoms with Gasteiger partial charge < -0.3 is 15.0 Å². The van der Waals surface area contributed by atoms with E-state index in [9.17, 15) is 0 Å². The first-order chi connectivity index (χ1) is 17.1. The number of ether oxygens (including phenoxy) is 1. The predicted octanol–water partition coefficient (Wildman–Crippen LogP) is 2.84. The minimum Gasteiger partial charge on any atom is -0.481 e. The zero-order valence-electron chi connectivity index (χ0n) is 19.6. The number of likely N-dealkylation sites (N-methyl/N-ethyl adjacent to an activating group) is 1. The number of nitrogens with one attached hydrogen (secondary N) is 1. The molecule has 11 heteroatoms. The molecule has 5 aromatic heterocycles. The van der Waals surface area contributed by atoms with Gasteiger partial charge in [0, 0.05) is 56.1 Å². The van der Waals surface area contributed by atoms with Crippen LogP contribution in [0.4, 0.5) is 17.6 Å². The summed E-state index contributed by atoms with van der Waals surface area (Å²) in [7, 11) is 5.60. The van der Waals surface area contributed by atoms with Crippen LogP contribution in [0, 0.1) is 0 Å². The Kier molecular flexibility index (Phi) is 5.02. The Balaban J connectivity index is 1.36. The number of pyridine rings is 2. The maximum atomic E-state index is 5.46. The molecule has 1 N–H and O–H groups in total. The predicted molar refractivity (Wildman–Crippen MR) is 131 cm³/mol. The van der Waals surface area contributed by atoms with Gasteiger partial charge >= 0.3 is 0 Å². The molecule has 0 aromatic carbocycles. The van der Waals surface area contributed by atoms with Gasteiger partial charge in [-0.3, -0.25) is 9.08 Å². The van der Waals surface area contributed by atoms with Gasteiger partial charge in [0.05, 0.1) is 19.0 Å². The van der Waals surface area contributed by atoms with E-state index in [0.717, 1.165) is 52.9 Å². The van der Waals surface area contributed by atoms with E-state index < -0.39 is 0 Å². The van der Waals surface area contributed by atoms with Crippen molar-refractivity contribution in [3.8, 4) is 17.1 Å². The minimum absolute atomic E-state index is 0.153. The molecule has 176 valence electrons. The highest BCUT2D eigenvalue weighted by Crippen LogP contribution is 2.35. The van der Waals surface area contributed by atoms with Crippen LogP contribution in [0.25, 0.3) is 16.9 Å². The van der Waals surface area contributed by atoms with Crippen molar-refractivity contribution >= 4 is 23.2 Å². The van der Waals surface area contributed by atoms with Crippen LogP contribution in [-0.2, 0) is 13.5 Å². The zero-order chi connectivity index (χ0) is 23.9. The number of methoxy groups -OCH3 is 1. The highest BCUT2D eigenvalue weighted by atomic mass is 16.5.